The van der Waals surface area contributed by atoms with Crippen molar-refractivity contribution in [3.05, 3.63) is 77.9 Å². The lowest BCUT2D eigenvalue weighted by molar-refractivity contribution is -0.117. The zero-order chi connectivity index (χ0) is 23.0. The first-order valence-corrected chi connectivity index (χ1v) is 11.3. The molecule has 0 spiro atoms. The minimum atomic E-state index is -0.261. The Hall–Kier alpha value is -3.68. The van der Waals surface area contributed by atoms with Crippen LogP contribution in [0.15, 0.2) is 65.8 Å². The molecule has 1 aliphatic rings. The quantitative estimate of drug-likeness (QED) is 0.409. The Kier molecular flexibility index (Phi) is 7.34. The first-order chi connectivity index (χ1) is 16.1. The largest absolute Gasteiger partial charge is 0.357 e. The molecule has 8 heteroatoms. The predicted octanol–water partition coefficient (Wildman–Crippen LogP) is 3.44. The Labute approximate surface area is 193 Å². The molecule has 1 saturated heterocycles. The van der Waals surface area contributed by atoms with E-state index in [9.17, 15) is 9.18 Å². The van der Waals surface area contributed by atoms with Crippen LogP contribution in [-0.2, 0) is 17.8 Å². The van der Waals surface area contributed by atoms with Crippen LogP contribution in [0, 0.1) is 5.82 Å². The van der Waals surface area contributed by atoms with Crippen molar-refractivity contribution in [2.45, 2.75) is 32.7 Å². The van der Waals surface area contributed by atoms with Crippen LogP contribution in [0.5, 0.6) is 0 Å². The molecule has 1 aromatic heterocycles. The van der Waals surface area contributed by atoms with Crippen LogP contribution in [-0.4, -0.2) is 41.3 Å². The average Bonchev–Trinajstić information content (AvgIpc) is 3.47. The maximum atomic E-state index is 13.1. The number of hydrogen-bond acceptors (Lipinski definition) is 3. The van der Waals surface area contributed by atoms with Gasteiger partial charge in [0.15, 0.2) is 5.96 Å². The van der Waals surface area contributed by atoms with E-state index in [-0.39, 0.29) is 11.7 Å². The van der Waals surface area contributed by atoms with Gasteiger partial charge < -0.3 is 15.5 Å². The molecule has 0 bridgehead atoms. The van der Waals surface area contributed by atoms with Gasteiger partial charge in [0, 0.05) is 44.4 Å². The van der Waals surface area contributed by atoms with Crippen LogP contribution in [0.3, 0.4) is 0 Å². The molecule has 172 valence electrons. The van der Waals surface area contributed by atoms with E-state index in [4.69, 9.17) is 0 Å². The zero-order valence-electron chi connectivity index (χ0n) is 18.8. The highest BCUT2D eigenvalue weighted by Gasteiger charge is 2.21. The van der Waals surface area contributed by atoms with Gasteiger partial charge in [0.25, 0.3) is 0 Å². The summed E-state index contributed by atoms with van der Waals surface area (Å²) < 4.78 is 14.9. The van der Waals surface area contributed by atoms with Crippen molar-refractivity contribution in [3.8, 4) is 5.69 Å². The molecular weight excluding hydrogens is 419 g/mol. The SMILES string of the molecule is CCNC(=NCc1ccc(N2CCCC2=O)cc1)NCCc1ccn(-c2ccc(F)cc2)n1. The van der Waals surface area contributed by atoms with Crippen LogP contribution < -0.4 is 15.5 Å². The summed E-state index contributed by atoms with van der Waals surface area (Å²) in [5.41, 5.74) is 3.80. The molecule has 4 rings (SSSR count). The molecule has 0 aliphatic carbocycles. The second-order valence-corrected chi connectivity index (χ2v) is 7.92. The highest BCUT2D eigenvalue weighted by Crippen LogP contribution is 2.21. The molecule has 0 atom stereocenters. The van der Waals surface area contributed by atoms with Gasteiger partial charge >= 0.3 is 0 Å². The maximum Gasteiger partial charge on any atom is 0.227 e. The topological polar surface area (TPSA) is 74.6 Å². The van der Waals surface area contributed by atoms with E-state index in [1.807, 2.05) is 48.4 Å². The van der Waals surface area contributed by atoms with E-state index in [0.29, 0.717) is 19.5 Å². The van der Waals surface area contributed by atoms with Gasteiger partial charge in [-0.25, -0.2) is 14.1 Å². The van der Waals surface area contributed by atoms with Crippen molar-refractivity contribution >= 4 is 17.6 Å². The third-order valence-electron chi connectivity index (χ3n) is 5.49. The van der Waals surface area contributed by atoms with Crippen molar-refractivity contribution in [2.75, 3.05) is 24.5 Å². The van der Waals surface area contributed by atoms with Gasteiger partial charge in [0.1, 0.15) is 5.82 Å². The van der Waals surface area contributed by atoms with Gasteiger partial charge in [0.05, 0.1) is 17.9 Å². The van der Waals surface area contributed by atoms with Gasteiger partial charge in [-0.2, -0.15) is 5.10 Å². The standard InChI is InChI=1S/C25H29FN6O/c1-2-27-25(29-18-19-5-9-22(10-6-19)31-16-3-4-24(31)33)28-15-13-21-14-17-32(30-21)23-11-7-20(26)8-12-23/h5-12,14,17H,2-4,13,15-16,18H2,1H3,(H2,27,28,29). The molecule has 1 fully saturated rings. The first kappa shape index (κ1) is 22.5. The monoisotopic (exact) mass is 448 g/mol. The van der Waals surface area contributed by atoms with E-state index in [1.165, 1.54) is 12.1 Å². The van der Waals surface area contributed by atoms with Crippen molar-refractivity contribution in [3.63, 3.8) is 0 Å². The predicted molar refractivity (Wildman–Crippen MR) is 128 cm³/mol. The summed E-state index contributed by atoms with van der Waals surface area (Å²) in [4.78, 5) is 18.4. The fraction of sp³-hybridized carbons (Fsp3) is 0.320. The van der Waals surface area contributed by atoms with Crippen LogP contribution in [0.25, 0.3) is 5.69 Å². The lowest BCUT2D eigenvalue weighted by atomic mass is 10.2. The van der Waals surface area contributed by atoms with Crippen LogP contribution >= 0.6 is 0 Å². The molecule has 1 aliphatic heterocycles. The molecule has 33 heavy (non-hydrogen) atoms. The molecule has 0 radical (unpaired) electrons. The summed E-state index contributed by atoms with van der Waals surface area (Å²) in [6.45, 7) is 4.82. The number of hydrogen-bond donors (Lipinski definition) is 2. The number of benzene rings is 2. The van der Waals surface area contributed by atoms with Crippen LogP contribution in [0.4, 0.5) is 10.1 Å². The first-order valence-electron chi connectivity index (χ1n) is 11.3. The lowest BCUT2D eigenvalue weighted by Crippen LogP contribution is -2.38. The van der Waals surface area contributed by atoms with E-state index >= 15 is 0 Å². The molecule has 2 heterocycles. The highest BCUT2D eigenvalue weighted by atomic mass is 19.1. The Morgan fingerprint density at radius 3 is 2.52 bits per heavy atom. The second-order valence-electron chi connectivity index (χ2n) is 7.92. The minimum absolute atomic E-state index is 0.196. The number of guanidine groups is 1. The number of anilines is 1. The fourth-order valence-electron chi connectivity index (χ4n) is 3.76. The maximum absolute atomic E-state index is 13.1. The number of nitrogens with zero attached hydrogens (tertiary/aromatic N) is 4. The average molecular weight is 449 g/mol. The highest BCUT2D eigenvalue weighted by molar-refractivity contribution is 5.95. The Bertz CT molecular complexity index is 1090. The van der Waals surface area contributed by atoms with Gasteiger partial charge in [-0.15, -0.1) is 0 Å². The number of aliphatic imine (C=N–C) groups is 1. The summed E-state index contributed by atoms with van der Waals surface area (Å²) in [5.74, 6) is 0.680. The fourth-order valence-corrected chi connectivity index (χ4v) is 3.76. The number of rotatable bonds is 8. The summed E-state index contributed by atoms with van der Waals surface area (Å²) in [6.07, 6.45) is 4.17. The van der Waals surface area contributed by atoms with Gasteiger partial charge in [-0.3, -0.25) is 4.79 Å². The van der Waals surface area contributed by atoms with E-state index in [1.54, 1.807) is 16.8 Å². The van der Waals surface area contributed by atoms with E-state index in [2.05, 4.69) is 20.7 Å². The van der Waals surface area contributed by atoms with Gasteiger partial charge in [-0.05, 0) is 61.4 Å². The summed E-state index contributed by atoms with van der Waals surface area (Å²) in [7, 11) is 0. The zero-order valence-corrected chi connectivity index (χ0v) is 18.8. The molecule has 3 aromatic rings. The molecule has 2 aromatic carbocycles. The smallest absolute Gasteiger partial charge is 0.227 e. The summed E-state index contributed by atoms with van der Waals surface area (Å²) in [6, 6.07) is 16.3. The van der Waals surface area contributed by atoms with Crippen LogP contribution in [0.2, 0.25) is 0 Å². The molecule has 1 amide bonds. The number of amides is 1. The van der Waals surface area contributed by atoms with E-state index < -0.39 is 0 Å². The Morgan fingerprint density at radius 2 is 1.82 bits per heavy atom. The molecular formula is C25H29FN6O. The Morgan fingerprint density at radius 1 is 1.06 bits per heavy atom. The number of nitrogens with one attached hydrogen (secondary N) is 2. The van der Waals surface area contributed by atoms with Gasteiger partial charge in [0.2, 0.25) is 5.91 Å². The number of halogens is 1. The number of carbonyl (C=O) groups excluding carboxylic acids is 1. The van der Waals surface area contributed by atoms with Crippen molar-refractivity contribution in [1.82, 2.24) is 20.4 Å². The van der Waals surface area contributed by atoms with E-state index in [0.717, 1.165) is 54.5 Å². The minimum Gasteiger partial charge on any atom is -0.357 e. The second kappa shape index (κ2) is 10.8. The van der Waals surface area contributed by atoms with Crippen molar-refractivity contribution in [1.29, 1.82) is 0 Å². The summed E-state index contributed by atoms with van der Waals surface area (Å²) in [5, 5.41) is 11.2. The molecule has 0 saturated carbocycles. The van der Waals surface area contributed by atoms with Gasteiger partial charge in [-0.1, -0.05) is 12.1 Å². The van der Waals surface area contributed by atoms with Crippen LogP contribution in [0.1, 0.15) is 31.0 Å². The molecule has 2 N–H and O–H groups in total. The normalized spacial score (nSPS) is 14.1. The summed E-state index contributed by atoms with van der Waals surface area (Å²) >= 11 is 0. The third-order valence-corrected chi connectivity index (χ3v) is 5.49. The lowest BCUT2D eigenvalue weighted by Gasteiger charge is -2.15. The number of carbonyl (C=O) groups is 1. The number of aromatic nitrogens is 2. The molecule has 7 nitrogen and oxygen atoms in total. The van der Waals surface area contributed by atoms with Crippen molar-refractivity contribution < 1.29 is 9.18 Å². The third kappa shape index (κ3) is 5.97. The van der Waals surface area contributed by atoms with Crippen molar-refractivity contribution in [2.24, 2.45) is 4.99 Å². The Balaban J connectivity index is 1.29. The molecule has 0 unspecified atom stereocenters.